The van der Waals surface area contributed by atoms with Crippen molar-refractivity contribution in [3.8, 4) is 5.00 Å². The van der Waals surface area contributed by atoms with Crippen LogP contribution in [0, 0.1) is 5.82 Å². The van der Waals surface area contributed by atoms with Crippen LogP contribution in [0.4, 0.5) is 4.39 Å². The molecule has 0 unspecified atom stereocenters. The van der Waals surface area contributed by atoms with Crippen LogP contribution in [-0.4, -0.2) is 36.6 Å². The third kappa shape index (κ3) is 3.43. The molecule has 0 N–H and O–H groups in total. The van der Waals surface area contributed by atoms with Crippen molar-refractivity contribution in [2.75, 3.05) is 0 Å². The normalized spacial score (nSPS) is 13.7. The van der Waals surface area contributed by atoms with Crippen LogP contribution in [0.15, 0.2) is 46.6 Å². The molecular weight excluding hydrogens is 357 g/mol. The minimum absolute atomic E-state index is 0.163. The molecule has 0 aliphatic heterocycles. The first-order chi connectivity index (χ1) is 12.6. The first kappa shape index (κ1) is 16.6. The highest BCUT2D eigenvalue weighted by molar-refractivity contribution is 7.12. The van der Waals surface area contributed by atoms with Crippen molar-refractivity contribution in [3.63, 3.8) is 0 Å². The molecule has 1 fully saturated rings. The van der Waals surface area contributed by atoms with Crippen LogP contribution in [0.25, 0.3) is 5.00 Å². The van der Waals surface area contributed by atoms with Crippen LogP contribution in [0.1, 0.15) is 18.4 Å². The fourth-order valence-electron chi connectivity index (χ4n) is 2.71. The van der Waals surface area contributed by atoms with E-state index >= 15 is 0 Å². The molecule has 26 heavy (non-hydrogen) atoms. The Morgan fingerprint density at radius 1 is 1.23 bits per heavy atom. The molecule has 9 heteroatoms. The highest BCUT2D eigenvalue weighted by atomic mass is 32.1. The standard InChI is InChI=1S/C17H16FN5O2S/c18-13-5-3-12(4-6-13)10-21(14-7-8-14)15(24)11-22-17(25)23(20-19-22)16-2-1-9-26-16/h1-6,9,14H,7-8,10-11H2. The maximum absolute atomic E-state index is 13.1. The Morgan fingerprint density at radius 3 is 2.65 bits per heavy atom. The van der Waals surface area contributed by atoms with Gasteiger partial charge in [-0.05, 0) is 58.5 Å². The lowest BCUT2D eigenvalue weighted by molar-refractivity contribution is -0.133. The topological polar surface area (TPSA) is 73.0 Å². The summed E-state index contributed by atoms with van der Waals surface area (Å²) in [6.45, 7) is 0.222. The molecule has 3 aromatic rings. The fraction of sp³-hybridized carbons (Fsp3) is 0.294. The Labute approximate surface area is 152 Å². The van der Waals surface area contributed by atoms with Crippen molar-refractivity contribution in [2.45, 2.75) is 32.0 Å². The molecule has 1 saturated carbocycles. The third-order valence-electron chi connectivity index (χ3n) is 4.21. The van der Waals surface area contributed by atoms with Gasteiger partial charge in [0.05, 0.1) is 0 Å². The maximum Gasteiger partial charge on any atom is 0.369 e. The van der Waals surface area contributed by atoms with Crippen LogP contribution in [0.3, 0.4) is 0 Å². The van der Waals surface area contributed by atoms with Gasteiger partial charge in [0.25, 0.3) is 0 Å². The largest absolute Gasteiger partial charge is 0.369 e. The zero-order valence-corrected chi connectivity index (χ0v) is 14.6. The number of benzene rings is 1. The smallest absolute Gasteiger partial charge is 0.334 e. The molecular formula is C17H16FN5O2S. The van der Waals surface area contributed by atoms with E-state index in [0.29, 0.717) is 11.5 Å². The number of hydrogen-bond donors (Lipinski definition) is 0. The number of thiophene rings is 1. The van der Waals surface area contributed by atoms with Gasteiger partial charge in [-0.15, -0.1) is 11.3 Å². The molecule has 1 aliphatic rings. The quantitative estimate of drug-likeness (QED) is 0.661. The monoisotopic (exact) mass is 373 g/mol. The Bertz CT molecular complexity index is 960. The lowest BCUT2D eigenvalue weighted by atomic mass is 10.2. The minimum Gasteiger partial charge on any atom is -0.334 e. The van der Waals surface area contributed by atoms with Gasteiger partial charge in [-0.2, -0.15) is 9.36 Å². The Hall–Kier alpha value is -2.81. The number of hydrogen-bond acceptors (Lipinski definition) is 5. The first-order valence-corrected chi connectivity index (χ1v) is 9.10. The summed E-state index contributed by atoms with van der Waals surface area (Å²) in [7, 11) is 0. The van der Waals surface area contributed by atoms with Crippen LogP contribution in [-0.2, 0) is 17.9 Å². The molecule has 7 nitrogen and oxygen atoms in total. The van der Waals surface area contributed by atoms with Gasteiger partial charge in [0.1, 0.15) is 17.4 Å². The number of aromatic nitrogens is 4. The summed E-state index contributed by atoms with van der Waals surface area (Å²) in [5.74, 6) is -0.507. The summed E-state index contributed by atoms with van der Waals surface area (Å²) in [6.07, 6.45) is 1.87. The lowest BCUT2D eigenvalue weighted by Crippen LogP contribution is -2.38. The molecule has 0 spiro atoms. The second-order valence-corrected chi connectivity index (χ2v) is 7.09. The van der Waals surface area contributed by atoms with Crippen molar-refractivity contribution in [1.29, 1.82) is 0 Å². The molecule has 134 valence electrons. The van der Waals surface area contributed by atoms with Crippen molar-refractivity contribution in [2.24, 2.45) is 0 Å². The second kappa shape index (κ2) is 6.83. The maximum atomic E-state index is 13.1. The summed E-state index contributed by atoms with van der Waals surface area (Å²) in [4.78, 5) is 26.9. The summed E-state index contributed by atoms with van der Waals surface area (Å²) >= 11 is 1.37. The molecule has 1 aromatic carbocycles. The zero-order valence-electron chi connectivity index (χ0n) is 13.8. The van der Waals surface area contributed by atoms with E-state index in [1.54, 1.807) is 23.1 Å². The predicted octanol–water partition coefficient (Wildman–Crippen LogP) is 1.82. The lowest BCUT2D eigenvalue weighted by Gasteiger charge is -2.22. The highest BCUT2D eigenvalue weighted by Gasteiger charge is 2.33. The van der Waals surface area contributed by atoms with E-state index in [1.165, 1.54) is 28.2 Å². The number of halogens is 1. The Kier molecular flexibility index (Phi) is 4.37. The van der Waals surface area contributed by atoms with Gasteiger partial charge in [-0.3, -0.25) is 4.79 Å². The molecule has 0 atom stereocenters. The van der Waals surface area contributed by atoms with Gasteiger partial charge in [0.2, 0.25) is 5.91 Å². The third-order valence-corrected chi connectivity index (χ3v) is 5.06. The Morgan fingerprint density at radius 2 is 2.00 bits per heavy atom. The summed E-state index contributed by atoms with van der Waals surface area (Å²) in [5.41, 5.74) is 0.402. The van der Waals surface area contributed by atoms with Crippen molar-refractivity contribution >= 4 is 17.2 Å². The average Bonchev–Trinajstić information content (AvgIpc) is 3.21. The molecule has 4 rings (SSSR count). The van der Waals surface area contributed by atoms with E-state index in [9.17, 15) is 14.0 Å². The molecule has 1 aliphatic carbocycles. The van der Waals surface area contributed by atoms with E-state index in [4.69, 9.17) is 0 Å². The molecule has 1 amide bonds. The van der Waals surface area contributed by atoms with Gasteiger partial charge in [-0.25, -0.2) is 9.18 Å². The van der Waals surface area contributed by atoms with E-state index in [2.05, 4.69) is 10.4 Å². The Balaban J connectivity index is 1.51. The highest BCUT2D eigenvalue weighted by Crippen LogP contribution is 2.28. The van der Waals surface area contributed by atoms with Crippen LogP contribution >= 0.6 is 11.3 Å². The van der Waals surface area contributed by atoms with E-state index < -0.39 is 5.69 Å². The summed E-state index contributed by atoms with van der Waals surface area (Å²) in [5, 5.41) is 10.1. The van der Waals surface area contributed by atoms with E-state index in [0.717, 1.165) is 23.1 Å². The molecule has 2 heterocycles. The SMILES string of the molecule is O=C(Cn1nnn(-c2cccs2)c1=O)N(Cc1ccc(F)cc1)C1CC1. The summed E-state index contributed by atoms with van der Waals surface area (Å²) in [6, 6.07) is 9.82. The number of rotatable bonds is 6. The van der Waals surface area contributed by atoms with Crippen LogP contribution in [0.5, 0.6) is 0 Å². The van der Waals surface area contributed by atoms with Gasteiger partial charge in [0.15, 0.2) is 0 Å². The number of carbonyl (C=O) groups is 1. The minimum atomic E-state index is -0.446. The van der Waals surface area contributed by atoms with Gasteiger partial charge >= 0.3 is 5.69 Å². The van der Waals surface area contributed by atoms with E-state index in [-0.39, 0.29) is 24.3 Å². The molecule has 2 aromatic heterocycles. The van der Waals surface area contributed by atoms with Gasteiger partial charge < -0.3 is 4.90 Å². The van der Waals surface area contributed by atoms with Crippen molar-refractivity contribution in [1.82, 2.24) is 24.7 Å². The molecule has 0 saturated heterocycles. The average molecular weight is 373 g/mol. The van der Waals surface area contributed by atoms with Crippen LogP contribution in [0.2, 0.25) is 0 Å². The van der Waals surface area contributed by atoms with Gasteiger partial charge in [0, 0.05) is 12.6 Å². The zero-order chi connectivity index (χ0) is 18.1. The van der Waals surface area contributed by atoms with Crippen molar-refractivity contribution < 1.29 is 9.18 Å². The second-order valence-electron chi connectivity index (χ2n) is 6.16. The van der Waals surface area contributed by atoms with Gasteiger partial charge in [-0.1, -0.05) is 12.1 Å². The van der Waals surface area contributed by atoms with Crippen molar-refractivity contribution in [3.05, 3.63) is 63.6 Å². The predicted molar refractivity (Wildman–Crippen MR) is 93.5 cm³/mol. The number of amides is 1. The molecule has 0 bridgehead atoms. The van der Waals surface area contributed by atoms with E-state index in [1.807, 2.05) is 11.4 Å². The number of tetrazole rings is 1. The summed E-state index contributed by atoms with van der Waals surface area (Å²) < 4.78 is 15.3. The fourth-order valence-corrected chi connectivity index (χ4v) is 3.38. The number of carbonyl (C=O) groups excluding carboxylic acids is 1. The number of nitrogens with zero attached hydrogens (tertiary/aromatic N) is 5. The van der Waals surface area contributed by atoms with Crippen LogP contribution < -0.4 is 5.69 Å². The molecule has 0 radical (unpaired) electrons. The first-order valence-electron chi connectivity index (χ1n) is 8.22.